The quantitative estimate of drug-likeness (QED) is 0.108. The van der Waals surface area contributed by atoms with Crippen LogP contribution in [0.1, 0.15) is 61.1 Å². The minimum atomic E-state index is -0.826. The second-order valence-corrected chi connectivity index (χ2v) is 17.4. The first-order chi connectivity index (χ1) is 22.3. The zero-order valence-electron chi connectivity index (χ0n) is 28.3. The van der Waals surface area contributed by atoms with Crippen molar-refractivity contribution in [2.45, 2.75) is 66.5 Å². The van der Waals surface area contributed by atoms with Crippen LogP contribution in [0.25, 0.3) is 21.5 Å². The van der Waals surface area contributed by atoms with Crippen molar-refractivity contribution in [2.24, 2.45) is 11.8 Å². The molecule has 0 amide bonds. The summed E-state index contributed by atoms with van der Waals surface area (Å²) in [7, 11) is 11.0. The Labute approximate surface area is 299 Å². The van der Waals surface area contributed by atoms with E-state index in [4.69, 9.17) is 17.0 Å². The standard InChI is InChI=1S/2C20H21.C2H6Si.2ClH.Zr/c2*1-15(2)11-17-13-19-10-6-9-18(20(19)14-17)12-16-7-4-3-5-8-16;1-3-2;;;/h2*3-10,13-15H,11-12H2,1-2H3;1-2H3;2*1H;/q2*-1;;;;+4/p-2. The molecule has 2 radical (unpaired) electrons. The van der Waals surface area contributed by atoms with Gasteiger partial charge in [-0.2, -0.15) is 12.1 Å². The van der Waals surface area contributed by atoms with Gasteiger partial charge in [0, 0.05) is 9.52 Å². The topological polar surface area (TPSA) is 0 Å². The molecule has 6 aromatic carbocycles. The van der Waals surface area contributed by atoms with Crippen LogP contribution in [0, 0.1) is 11.8 Å². The predicted octanol–water partition coefficient (Wildman–Crippen LogP) is 12.9. The third-order valence-electron chi connectivity index (χ3n) is 7.56. The van der Waals surface area contributed by atoms with Gasteiger partial charge < -0.3 is 0 Å². The van der Waals surface area contributed by atoms with Crippen molar-refractivity contribution in [3.8, 4) is 0 Å². The van der Waals surface area contributed by atoms with E-state index in [0.717, 1.165) is 22.4 Å². The molecule has 0 aliphatic carbocycles. The van der Waals surface area contributed by atoms with Gasteiger partial charge in [-0.05, 0) is 48.6 Å². The molecule has 0 aliphatic heterocycles. The van der Waals surface area contributed by atoms with Crippen molar-refractivity contribution in [3.05, 3.63) is 155 Å². The summed E-state index contributed by atoms with van der Waals surface area (Å²) < 4.78 is 0. The molecule has 0 spiro atoms. The third-order valence-corrected chi connectivity index (χ3v) is 7.56. The molecule has 0 aromatic heterocycles. The number of fused-ring (bicyclic) bond motifs is 2. The molecule has 4 heteroatoms. The first-order valence-corrected chi connectivity index (χ1v) is 24.6. The van der Waals surface area contributed by atoms with Crippen LogP contribution in [0.4, 0.5) is 0 Å². The third kappa shape index (κ3) is 12.8. The zero-order valence-corrected chi connectivity index (χ0v) is 33.3. The fraction of sp³-hybridized carbons (Fsp3) is 0.286. The Bertz CT molecular complexity index is 1560. The van der Waals surface area contributed by atoms with Gasteiger partial charge in [-0.3, -0.25) is 0 Å². The Balaban J connectivity index is 0.000000214. The Morgan fingerprint density at radius 1 is 0.565 bits per heavy atom. The van der Waals surface area contributed by atoms with Crippen molar-refractivity contribution in [1.82, 2.24) is 0 Å². The Morgan fingerprint density at radius 3 is 1.24 bits per heavy atom. The number of benzene rings is 4. The summed E-state index contributed by atoms with van der Waals surface area (Å²) in [5.74, 6) is 1.42. The Kier molecular flexibility index (Phi) is 17.4. The maximum absolute atomic E-state index is 4.93. The first kappa shape index (κ1) is 38.2. The van der Waals surface area contributed by atoms with Crippen LogP contribution in [0.15, 0.2) is 121 Å². The van der Waals surface area contributed by atoms with Crippen molar-refractivity contribution in [1.29, 1.82) is 0 Å². The van der Waals surface area contributed by atoms with Crippen LogP contribution in [-0.2, 0) is 46.5 Å². The summed E-state index contributed by atoms with van der Waals surface area (Å²) in [4.78, 5) is 0. The average molecular weight is 743 g/mol. The van der Waals surface area contributed by atoms with E-state index in [1.54, 1.807) is 0 Å². The summed E-state index contributed by atoms with van der Waals surface area (Å²) in [6.07, 6.45) is 4.37. The zero-order chi connectivity index (χ0) is 33.3. The number of halogens is 2. The van der Waals surface area contributed by atoms with E-state index < -0.39 is 20.8 Å². The van der Waals surface area contributed by atoms with Crippen molar-refractivity contribution >= 4 is 48.1 Å². The molecule has 0 heterocycles. The molecule has 6 aromatic rings. The molecule has 0 saturated heterocycles. The molecular weight excluding hydrogens is 695 g/mol. The number of hydrogen-bond donors (Lipinski definition) is 0. The molecule has 238 valence electrons. The van der Waals surface area contributed by atoms with Crippen LogP contribution >= 0.6 is 17.0 Å². The van der Waals surface area contributed by atoms with Gasteiger partial charge in [-0.15, -0.1) is 69.1 Å². The van der Waals surface area contributed by atoms with Gasteiger partial charge in [0.05, 0.1) is 0 Å². The summed E-state index contributed by atoms with van der Waals surface area (Å²) in [5, 5.41) is 5.61. The number of hydrogen-bond acceptors (Lipinski definition) is 0. The summed E-state index contributed by atoms with van der Waals surface area (Å²) in [5.41, 5.74) is 8.57. The molecule has 0 atom stereocenters. The van der Waals surface area contributed by atoms with Gasteiger partial charge in [-0.1, -0.05) is 125 Å². The Hall–Kier alpha value is -2.22. The monoisotopic (exact) mass is 740 g/mol. The normalized spacial score (nSPS) is 10.5. The SMILES string of the molecule is CC(C)Cc1cc2c(Cc3ccccc3)cccc2[cH-]1.CC(C)Cc1cc2c(Cc3ccccc3)cccc2[cH-]1.C[Si]C.[Cl][Zr+2][Cl]. The van der Waals surface area contributed by atoms with Crippen molar-refractivity contribution < 1.29 is 20.8 Å². The van der Waals surface area contributed by atoms with Gasteiger partial charge in [0.2, 0.25) is 0 Å². The summed E-state index contributed by atoms with van der Waals surface area (Å²) in [6.45, 7) is 13.4. The fourth-order valence-corrected chi connectivity index (χ4v) is 5.84. The van der Waals surface area contributed by atoms with Gasteiger partial charge in [0.15, 0.2) is 0 Å². The van der Waals surface area contributed by atoms with Gasteiger partial charge >= 0.3 is 37.9 Å². The van der Waals surface area contributed by atoms with Crippen molar-refractivity contribution in [3.63, 3.8) is 0 Å². The number of rotatable bonds is 8. The maximum atomic E-state index is 4.93. The molecule has 0 bridgehead atoms. The molecule has 0 unspecified atom stereocenters. The molecule has 0 fully saturated rings. The molecule has 6 rings (SSSR count). The van der Waals surface area contributed by atoms with Gasteiger partial charge in [-0.25, -0.2) is 0 Å². The second-order valence-electron chi connectivity index (χ2n) is 12.7. The van der Waals surface area contributed by atoms with E-state index in [2.05, 4.69) is 162 Å². The molecule has 46 heavy (non-hydrogen) atoms. The van der Waals surface area contributed by atoms with E-state index >= 15 is 0 Å². The fourth-order valence-electron chi connectivity index (χ4n) is 5.84. The van der Waals surface area contributed by atoms with Crippen molar-refractivity contribution in [2.75, 3.05) is 0 Å². The molecule has 0 aliphatic rings. The summed E-state index contributed by atoms with van der Waals surface area (Å²) >= 11 is -0.826. The van der Waals surface area contributed by atoms with Crippen LogP contribution in [0.5, 0.6) is 0 Å². The van der Waals surface area contributed by atoms with E-state index in [-0.39, 0.29) is 0 Å². The van der Waals surface area contributed by atoms with Crippen LogP contribution in [0.3, 0.4) is 0 Å². The van der Waals surface area contributed by atoms with E-state index in [0.29, 0.717) is 11.8 Å². The van der Waals surface area contributed by atoms with Gasteiger partial charge in [0.1, 0.15) is 0 Å². The summed E-state index contributed by atoms with van der Waals surface area (Å²) in [6, 6.07) is 44.2. The Morgan fingerprint density at radius 2 is 0.913 bits per heavy atom. The van der Waals surface area contributed by atoms with Crippen LogP contribution in [-0.4, -0.2) is 9.52 Å². The molecule has 0 saturated carbocycles. The molecule has 0 N–H and O–H groups in total. The van der Waals surface area contributed by atoms with E-state index in [9.17, 15) is 0 Å². The molecular formula is C42H48Cl2SiZr. The van der Waals surface area contributed by atoms with Crippen LogP contribution in [0.2, 0.25) is 13.1 Å². The van der Waals surface area contributed by atoms with Gasteiger partial charge in [0.25, 0.3) is 0 Å². The first-order valence-electron chi connectivity index (χ1n) is 16.2. The molecule has 0 nitrogen and oxygen atoms in total. The predicted molar refractivity (Wildman–Crippen MR) is 204 cm³/mol. The minimum absolute atomic E-state index is 0.712. The van der Waals surface area contributed by atoms with E-state index in [1.165, 1.54) is 67.8 Å². The van der Waals surface area contributed by atoms with Crippen LogP contribution < -0.4 is 0 Å². The second kappa shape index (κ2) is 20.9. The average Bonchev–Trinajstić information content (AvgIpc) is 3.63. The van der Waals surface area contributed by atoms with E-state index in [1.807, 2.05) is 0 Å².